The van der Waals surface area contributed by atoms with Crippen molar-refractivity contribution in [2.24, 2.45) is 21.0 Å². The van der Waals surface area contributed by atoms with Crippen molar-refractivity contribution in [2.45, 2.75) is 0 Å². The molecule has 38 valence electrons. The summed E-state index contributed by atoms with van der Waals surface area (Å²) in [6.07, 6.45) is 0. The van der Waals surface area contributed by atoms with E-state index in [0.29, 0.717) is 19.0 Å². The molecular weight excluding hydrogens is 92.1 g/mol. The van der Waals surface area contributed by atoms with Crippen molar-refractivity contribution in [3.63, 3.8) is 0 Å². The molecule has 0 amide bonds. The van der Waals surface area contributed by atoms with E-state index < -0.39 is 0 Å². The summed E-state index contributed by atoms with van der Waals surface area (Å²) in [5.41, 5.74) is 5.15. The highest BCUT2D eigenvalue weighted by atomic mass is 15.3. The summed E-state index contributed by atoms with van der Waals surface area (Å²) < 4.78 is 0. The Kier molecular flexibility index (Phi) is 1.12. The Labute approximate surface area is 41.1 Å². The average Bonchev–Trinajstić information content (AvgIpc) is 2.14. The molecule has 0 radical (unpaired) electrons. The Morgan fingerprint density at radius 3 is 2.86 bits per heavy atom. The van der Waals surface area contributed by atoms with Gasteiger partial charge in [0.25, 0.3) is 0 Å². The van der Waals surface area contributed by atoms with Gasteiger partial charge in [-0.3, -0.25) is 0 Å². The Bertz CT molecular complexity index is 114. The highest BCUT2D eigenvalue weighted by molar-refractivity contribution is 5.85. The van der Waals surface area contributed by atoms with E-state index in [1.807, 2.05) is 0 Å². The van der Waals surface area contributed by atoms with Crippen LogP contribution in [0.1, 0.15) is 0 Å². The molecule has 4 nitrogen and oxygen atoms in total. The summed E-state index contributed by atoms with van der Waals surface area (Å²) >= 11 is 0. The second-order valence-electron chi connectivity index (χ2n) is 1.16. The van der Waals surface area contributed by atoms with Gasteiger partial charge in [0.05, 0.1) is 6.54 Å². The lowest BCUT2D eigenvalue weighted by Gasteiger charge is -1.79. The molecule has 1 aliphatic rings. The first-order chi connectivity index (χ1) is 3.43. The minimum absolute atomic E-state index is 0.406. The van der Waals surface area contributed by atoms with Crippen LogP contribution in [0.15, 0.2) is 15.2 Å². The van der Waals surface area contributed by atoms with Crippen molar-refractivity contribution in [2.75, 3.05) is 13.2 Å². The van der Waals surface area contributed by atoms with Gasteiger partial charge in [0, 0.05) is 0 Å². The molecule has 0 aromatic carbocycles. The lowest BCUT2D eigenvalue weighted by atomic mass is 10.6. The van der Waals surface area contributed by atoms with Crippen LogP contribution < -0.4 is 5.73 Å². The molecule has 7 heavy (non-hydrogen) atoms. The standard InChI is InChI=1S/C3H6N4/c4-1-3-5-2-6-7-3/h1-2,4H2. The number of amidine groups is 1. The quantitative estimate of drug-likeness (QED) is 0.483. The maximum atomic E-state index is 5.15. The molecule has 0 saturated heterocycles. The molecule has 0 fully saturated rings. The first-order valence-corrected chi connectivity index (χ1v) is 2.04. The number of nitrogens with two attached hydrogens (primary N) is 1. The van der Waals surface area contributed by atoms with E-state index in [2.05, 4.69) is 15.2 Å². The molecule has 0 aromatic rings. The summed E-state index contributed by atoms with van der Waals surface area (Å²) in [6, 6.07) is 0. The van der Waals surface area contributed by atoms with Crippen LogP contribution in [0.3, 0.4) is 0 Å². The maximum absolute atomic E-state index is 5.15. The van der Waals surface area contributed by atoms with Gasteiger partial charge in [0.1, 0.15) is 0 Å². The van der Waals surface area contributed by atoms with E-state index >= 15 is 0 Å². The van der Waals surface area contributed by atoms with E-state index in [1.54, 1.807) is 0 Å². The third kappa shape index (κ3) is 0.806. The topological polar surface area (TPSA) is 63.1 Å². The highest BCUT2D eigenvalue weighted by Crippen LogP contribution is 1.90. The Balaban J connectivity index is 2.52. The predicted molar refractivity (Wildman–Crippen MR) is 26.2 cm³/mol. The Morgan fingerprint density at radius 2 is 2.57 bits per heavy atom. The summed E-state index contributed by atoms with van der Waals surface area (Å²) in [5, 5.41) is 7.18. The minimum Gasteiger partial charge on any atom is -0.324 e. The van der Waals surface area contributed by atoms with Gasteiger partial charge in [0.2, 0.25) is 0 Å². The molecule has 0 aromatic heterocycles. The fraction of sp³-hybridized carbons (Fsp3) is 0.667. The van der Waals surface area contributed by atoms with Crippen LogP contribution in [0.25, 0.3) is 0 Å². The fourth-order valence-electron chi connectivity index (χ4n) is 0.363. The van der Waals surface area contributed by atoms with Gasteiger partial charge in [-0.1, -0.05) is 0 Å². The van der Waals surface area contributed by atoms with Gasteiger partial charge in [-0.25, -0.2) is 4.99 Å². The molecule has 0 atom stereocenters. The lowest BCUT2D eigenvalue weighted by molar-refractivity contribution is 1.05. The third-order valence-corrected chi connectivity index (χ3v) is 0.685. The number of hydrogen-bond donors (Lipinski definition) is 1. The van der Waals surface area contributed by atoms with E-state index in [1.165, 1.54) is 0 Å². The average molecular weight is 98.1 g/mol. The zero-order valence-electron chi connectivity index (χ0n) is 3.83. The summed E-state index contributed by atoms with van der Waals surface area (Å²) in [7, 11) is 0. The first kappa shape index (κ1) is 4.39. The molecule has 0 saturated carbocycles. The molecule has 0 unspecified atom stereocenters. The van der Waals surface area contributed by atoms with E-state index in [4.69, 9.17) is 5.73 Å². The van der Waals surface area contributed by atoms with Gasteiger partial charge in [0.15, 0.2) is 12.5 Å². The Morgan fingerprint density at radius 1 is 1.71 bits per heavy atom. The Hall–Kier alpha value is -0.770. The van der Waals surface area contributed by atoms with Crippen LogP contribution in [0.2, 0.25) is 0 Å². The molecule has 1 rings (SSSR count). The van der Waals surface area contributed by atoms with Crippen molar-refractivity contribution in [3.05, 3.63) is 0 Å². The first-order valence-electron chi connectivity index (χ1n) is 2.04. The number of azo groups is 1. The summed E-state index contributed by atoms with van der Waals surface area (Å²) in [4.78, 5) is 3.81. The largest absolute Gasteiger partial charge is 0.324 e. The van der Waals surface area contributed by atoms with Crippen LogP contribution >= 0.6 is 0 Å². The van der Waals surface area contributed by atoms with Crippen LogP contribution in [0, 0.1) is 0 Å². The maximum Gasteiger partial charge on any atom is 0.161 e. The second kappa shape index (κ2) is 1.79. The minimum atomic E-state index is 0.406. The van der Waals surface area contributed by atoms with Crippen LogP contribution in [0.5, 0.6) is 0 Å². The zero-order valence-corrected chi connectivity index (χ0v) is 3.83. The third-order valence-electron chi connectivity index (χ3n) is 0.685. The van der Waals surface area contributed by atoms with Crippen LogP contribution in [-0.2, 0) is 0 Å². The predicted octanol–water partition coefficient (Wildman–Crippen LogP) is -0.233. The second-order valence-corrected chi connectivity index (χ2v) is 1.16. The molecule has 1 aliphatic heterocycles. The highest BCUT2D eigenvalue weighted by Gasteiger charge is 1.95. The van der Waals surface area contributed by atoms with Gasteiger partial charge >= 0.3 is 0 Å². The van der Waals surface area contributed by atoms with E-state index in [9.17, 15) is 0 Å². The van der Waals surface area contributed by atoms with Crippen LogP contribution in [0.4, 0.5) is 0 Å². The van der Waals surface area contributed by atoms with Gasteiger partial charge < -0.3 is 5.73 Å². The normalized spacial score (nSPS) is 17.6. The lowest BCUT2D eigenvalue weighted by Crippen LogP contribution is -2.08. The molecular formula is C3H6N4. The zero-order chi connectivity index (χ0) is 5.11. The number of hydrogen-bond acceptors (Lipinski definition) is 4. The summed E-state index contributed by atoms with van der Waals surface area (Å²) in [5.74, 6) is 0.653. The monoisotopic (exact) mass is 98.1 g/mol. The number of rotatable bonds is 1. The van der Waals surface area contributed by atoms with Gasteiger partial charge in [-0.15, -0.1) is 5.11 Å². The van der Waals surface area contributed by atoms with E-state index in [0.717, 1.165) is 0 Å². The number of aliphatic imine (C=N–C) groups is 1. The van der Waals surface area contributed by atoms with Gasteiger partial charge in [-0.2, -0.15) is 5.11 Å². The molecule has 4 heteroatoms. The molecule has 2 N–H and O–H groups in total. The fourth-order valence-corrected chi connectivity index (χ4v) is 0.363. The van der Waals surface area contributed by atoms with Crippen molar-refractivity contribution in [3.8, 4) is 0 Å². The van der Waals surface area contributed by atoms with Crippen molar-refractivity contribution >= 4 is 5.84 Å². The number of nitrogens with zero attached hydrogens (tertiary/aromatic N) is 3. The van der Waals surface area contributed by atoms with Crippen molar-refractivity contribution in [1.82, 2.24) is 0 Å². The SMILES string of the molecule is NCC1=NCN=N1. The molecule has 0 aliphatic carbocycles. The summed E-state index contributed by atoms with van der Waals surface area (Å²) in [6.45, 7) is 0.871. The molecule has 0 bridgehead atoms. The van der Waals surface area contributed by atoms with Gasteiger partial charge in [-0.05, 0) is 0 Å². The smallest absolute Gasteiger partial charge is 0.161 e. The van der Waals surface area contributed by atoms with Crippen LogP contribution in [-0.4, -0.2) is 19.0 Å². The molecule has 0 spiro atoms. The van der Waals surface area contributed by atoms with Crippen molar-refractivity contribution in [1.29, 1.82) is 0 Å². The van der Waals surface area contributed by atoms with E-state index in [-0.39, 0.29) is 0 Å². The van der Waals surface area contributed by atoms with Crippen molar-refractivity contribution < 1.29 is 0 Å². The molecule has 1 heterocycles.